The fraction of sp³-hybridized carbons (Fsp3) is 0.100. The van der Waals surface area contributed by atoms with Gasteiger partial charge in [0.15, 0.2) is 5.13 Å². The lowest BCUT2D eigenvalue weighted by Crippen LogP contribution is -1.94. The summed E-state index contributed by atoms with van der Waals surface area (Å²) in [6.07, 6.45) is 0.374. The van der Waals surface area contributed by atoms with Crippen molar-refractivity contribution >= 4 is 28.1 Å². The second-order valence-corrected chi connectivity index (χ2v) is 4.35. The summed E-state index contributed by atoms with van der Waals surface area (Å²) in [5.41, 5.74) is 6.69. The van der Waals surface area contributed by atoms with E-state index in [9.17, 15) is 4.39 Å². The van der Waals surface area contributed by atoms with E-state index in [0.717, 1.165) is 5.69 Å². The van der Waals surface area contributed by atoms with Gasteiger partial charge in [-0.25, -0.2) is 9.37 Å². The number of hydrogen-bond acceptors (Lipinski definition) is 3. The van der Waals surface area contributed by atoms with Gasteiger partial charge in [0.25, 0.3) is 0 Å². The summed E-state index contributed by atoms with van der Waals surface area (Å²) in [4.78, 5) is 4.06. The normalized spacial score (nSPS) is 10.5. The molecule has 0 unspecified atom stereocenters. The van der Waals surface area contributed by atoms with Crippen LogP contribution in [0, 0.1) is 5.82 Å². The molecule has 0 saturated carbocycles. The number of nitrogens with zero attached hydrogens (tertiary/aromatic N) is 1. The van der Waals surface area contributed by atoms with E-state index in [1.54, 1.807) is 17.5 Å². The zero-order chi connectivity index (χ0) is 10.8. The smallest absolute Gasteiger partial charge is 0.180 e. The third kappa shape index (κ3) is 2.27. The van der Waals surface area contributed by atoms with Crippen molar-refractivity contribution in [2.24, 2.45) is 0 Å². The lowest BCUT2D eigenvalue weighted by atomic mass is 10.1. The molecule has 0 aliphatic carbocycles. The Morgan fingerprint density at radius 1 is 1.47 bits per heavy atom. The summed E-state index contributed by atoms with van der Waals surface area (Å²) in [6, 6.07) is 4.63. The molecule has 0 fully saturated rings. The van der Waals surface area contributed by atoms with Crippen LogP contribution in [0.5, 0.6) is 0 Å². The molecular formula is C10H8ClFN2S. The van der Waals surface area contributed by atoms with E-state index in [4.69, 9.17) is 17.3 Å². The third-order valence-corrected chi connectivity index (χ3v) is 3.07. The molecule has 15 heavy (non-hydrogen) atoms. The van der Waals surface area contributed by atoms with Gasteiger partial charge in [0.05, 0.1) is 5.69 Å². The number of aromatic nitrogens is 1. The highest BCUT2D eigenvalue weighted by molar-refractivity contribution is 7.13. The van der Waals surface area contributed by atoms with Crippen LogP contribution >= 0.6 is 22.9 Å². The van der Waals surface area contributed by atoms with Crippen LogP contribution in [0.2, 0.25) is 5.02 Å². The Labute approximate surface area is 95.5 Å². The van der Waals surface area contributed by atoms with E-state index in [1.807, 2.05) is 0 Å². The predicted molar refractivity (Wildman–Crippen MR) is 60.7 cm³/mol. The van der Waals surface area contributed by atoms with Crippen molar-refractivity contribution in [1.82, 2.24) is 4.98 Å². The first-order chi connectivity index (χ1) is 7.16. The summed E-state index contributed by atoms with van der Waals surface area (Å²) in [7, 11) is 0. The van der Waals surface area contributed by atoms with Crippen molar-refractivity contribution in [1.29, 1.82) is 0 Å². The zero-order valence-corrected chi connectivity index (χ0v) is 9.28. The molecule has 0 aliphatic rings. The molecule has 0 radical (unpaired) electrons. The van der Waals surface area contributed by atoms with Crippen LogP contribution in [-0.4, -0.2) is 4.98 Å². The maximum atomic E-state index is 13.4. The molecule has 2 N–H and O–H groups in total. The Kier molecular flexibility index (Phi) is 2.88. The lowest BCUT2D eigenvalue weighted by molar-refractivity contribution is 0.613. The molecule has 0 saturated heterocycles. The minimum Gasteiger partial charge on any atom is -0.375 e. The van der Waals surface area contributed by atoms with Gasteiger partial charge in [-0.15, -0.1) is 11.3 Å². The molecule has 0 bridgehead atoms. The average molecular weight is 243 g/mol. The summed E-state index contributed by atoms with van der Waals surface area (Å²) < 4.78 is 13.4. The highest BCUT2D eigenvalue weighted by atomic mass is 35.5. The van der Waals surface area contributed by atoms with Gasteiger partial charge >= 0.3 is 0 Å². The van der Waals surface area contributed by atoms with E-state index < -0.39 is 0 Å². The monoisotopic (exact) mass is 242 g/mol. The van der Waals surface area contributed by atoms with Crippen LogP contribution < -0.4 is 5.73 Å². The second-order valence-electron chi connectivity index (χ2n) is 3.05. The van der Waals surface area contributed by atoms with Crippen molar-refractivity contribution in [3.63, 3.8) is 0 Å². The number of benzene rings is 1. The van der Waals surface area contributed by atoms with Crippen molar-refractivity contribution in [2.45, 2.75) is 6.42 Å². The molecule has 2 rings (SSSR count). The summed E-state index contributed by atoms with van der Waals surface area (Å²) >= 11 is 7.23. The van der Waals surface area contributed by atoms with E-state index in [2.05, 4.69) is 4.98 Å². The minimum atomic E-state index is -0.311. The second kappa shape index (κ2) is 4.16. The number of hydrogen-bond donors (Lipinski definition) is 1. The molecule has 1 heterocycles. The van der Waals surface area contributed by atoms with Gasteiger partial charge in [-0.2, -0.15) is 0 Å². The number of halogens is 2. The Morgan fingerprint density at radius 3 is 2.87 bits per heavy atom. The first-order valence-corrected chi connectivity index (χ1v) is 5.55. The van der Waals surface area contributed by atoms with Crippen LogP contribution in [0.3, 0.4) is 0 Å². The Morgan fingerprint density at radius 2 is 2.27 bits per heavy atom. The SMILES string of the molecule is Nc1nc(Cc2c(F)cccc2Cl)cs1. The summed E-state index contributed by atoms with van der Waals surface area (Å²) in [6.45, 7) is 0. The number of thiazole rings is 1. The standard InChI is InChI=1S/C10H8ClFN2S/c11-8-2-1-3-9(12)7(8)4-6-5-15-10(13)14-6/h1-3,5H,4H2,(H2,13,14). The molecule has 2 nitrogen and oxygen atoms in total. The number of nitrogens with two attached hydrogens (primary N) is 1. The lowest BCUT2D eigenvalue weighted by Gasteiger charge is -2.02. The highest BCUT2D eigenvalue weighted by Gasteiger charge is 2.09. The average Bonchev–Trinajstić information content (AvgIpc) is 2.58. The van der Waals surface area contributed by atoms with Crippen LogP contribution in [0.4, 0.5) is 9.52 Å². The summed E-state index contributed by atoms with van der Waals surface area (Å²) in [5, 5.41) is 2.71. The van der Waals surface area contributed by atoms with E-state index in [0.29, 0.717) is 22.1 Å². The zero-order valence-electron chi connectivity index (χ0n) is 7.71. The first kappa shape index (κ1) is 10.4. The fourth-order valence-corrected chi connectivity index (χ4v) is 2.08. The Bertz CT molecular complexity index is 464. The minimum absolute atomic E-state index is 0.311. The number of nitrogen functional groups attached to an aromatic ring is 1. The molecule has 1 aromatic heterocycles. The van der Waals surface area contributed by atoms with Gasteiger partial charge in [0.2, 0.25) is 0 Å². The molecule has 0 atom stereocenters. The van der Waals surface area contributed by atoms with Crippen LogP contribution in [0.25, 0.3) is 0 Å². The maximum Gasteiger partial charge on any atom is 0.180 e. The van der Waals surface area contributed by atoms with Gasteiger partial charge in [0, 0.05) is 22.4 Å². The molecule has 0 amide bonds. The largest absolute Gasteiger partial charge is 0.375 e. The van der Waals surface area contributed by atoms with Crippen LogP contribution in [0.15, 0.2) is 23.6 Å². The van der Waals surface area contributed by atoms with Gasteiger partial charge in [-0.3, -0.25) is 0 Å². The number of rotatable bonds is 2. The van der Waals surface area contributed by atoms with Gasteiger partial charge in [-0.1, -0.05) is 17.7 Å². The predicted octanol–water partition coefficient (Wildman–Crippen LogP) is 3.11. The molecule has 5 heteroatoms. The molecular weight excluding hydrogens is 235 g/mol. The van der Waals surface area contributed by atoms with Crippen LogP contribution in [0.1, 0.15) is 11.3 Å². The third-order valence-electron chi connectivity index (χ3n) is 1.99. The van der Waals surface area contributed by atoms with E-state index in [1.165, 1.54) is 17.4 Å². The van der Waals surface area contributed by atoms with Crippen LogP contribution in [-0.2, 0) is 6.42 Å². The molecule has 0 aliphatic heterocycles. The van der Waals surface area contributed by atoms with E-state index in [-0.39, 0.29) is 5.82 Å². The van der Waals surface area contributed by atoms with Crippen molar-refractivity contribution in [3.05, 3.63) is 45.7 Å². The number of anilines is 1. The molecule has 0 spiro atoms. The van der Waals surface area contributed by atoms with Crippen molar-refractivity contribution in [2.75, 3.05) is 5.73 Å². The molecule has 2 aromatic rings. The Hall–Kier alpha value is -1.13. The quantitative estimate of drug-likeness (QED) is 0.879. The van der Waals surface area contributed by atoms with Crippen molar-refractivity contribution < 1.29 is 4.39 Å². The summed E-state index contributed by atoms with van der Waals surface area (Å²) in [5.74, 6) is -0.311. The van der Waals surface area contributed by atoms with Crippen molar-refractivity contribution in [3.8, 4) is 0 Å². The topological polar surface area (TPSA) is 38.9 Å². The maximum absolute atomic E-state index is 13.4. The molecule has 1 aromatic carbocycles. The van der Waals surface area contributed by atoms with E-state index >= 15 is 0 Å². The van der Waals surface area contributed by atoms with Gasteiger partial charge < -0.3 is 5.73 Å². The molecule has 78 valence electrons. The first-order valence-electron chi connectivity index (χ1n) is 4.29. The Balaban J connectivity index is 2.31. The fourth-order valence-electron chi connectivity index (χ4n) is 1.29. The van der Waals surface area contributed by atoms with Gasteiger partial charge in [-0.05, 0) is 12.1 Å². The van der Waals surface area contributed by atoms with Gasteiger partial charge in [0.1, 0.15) is 5.82 Å². The highest BCUT2D eigenvalue weighted by Crippen LogP contribution is 2.23.